The van der Waals surface area contributed by atoms with E-state index in [0.29, 0.717) is 0 Å². The van der Waals surface area contributed by atoms with Crippen LogP contribution in [0.3, 0.4) is 0 Å². The second-order valence-electron chi connectivity index (χ2n) is 4.53. The van der Waals surface area contributed by atoms with Gasteiger partial charge < -0.3 is 0 Å². The van der Waals surface area contributed by atoms with Crippen LogP contribution in [0, 0.1) is 5.41 Å². The summed E-state index contributed by atoms with van der Waals surface area (Å²) in [6.45, 7) is 13.8. The number of hydrogen-bond acceptors (Lipinski definition) is 1. The molecule has 0 amide bonds. The second kappa shape index (κ2) is 5.14. The van der Waals surface area contributed by atoms with E-state index in [1.54, 1.807) is 6.92 Å². The van der Waals surface area contributed by atoms with Crippen molar-refractivity contribution < 1.29 is 4.79 Å². The first-order chi connectivity index (χ1) is 6.30. The quantitative estimate of drug-likeness (QED) is 0.479. The van der Waals surface area contributed by atoms with Gasteiger partial charge in [-0.05, 0) is 44.6 Å². The molecule has 0 aliphatic carbocycles. The van der Waals surface area contributed by atoms with Crippen molar-refractivity contribution in [2.75, 3.05) is 0 Å². The van der Waals surface area contributed by atoms with E-state index in [2.05, 4.69) is 26.5 Å². The van der Waals surface area contributed by atoms with Crippen molar-refractivity contribution >= 4 is 5.78 Å². The van der Waals surface area contributed by atoms with Crippen LogP contribution in [-0.2, 0) is 4.79 Å². The minimum absolute atomic E-state index is 0.0849. The van der Waals surface area contributed by atoms with E-state index in [1.807, 2.05) is 13.8 Å². The second-order valence-corrected chi connectivity index (χ2v) is 4.53. The lowest BCUT2D eigenvalue weighted by molar-refractivity contribution is -0.113. The molecule has 0 aromatic rings. The third-order valence-electron chi connectivity index (χ3n) is 2.63. The van der Waals surface area contributed by atoms with Gasteiger partial charge in [0.15, 0.2) is 5.78 Å². The highest BCUT2D eigenvalue weighted by atomic mass is 16.1. The number of carbonyl (C=O) groups excluding carboxylic acids is 1. The van der Waals surface area contributed by atoms with E-state index in [4.69, 9.17) is 0 Å². The van der Waals surface area contributed by atoms with Crippen LogP contribution in [-0.4, -0.2) is 5.78 Å². The molecule has 0 aliphatic rings. The van der Waals surface area contributed by atoms with Crippen LogP contribution >= 0.6 is 0 Å². The fourth-order valence-electron chi connectivity index (χ4n) is 1.59. The van der Waals surface area contributed by atoms with Gasteiger partial charge >= 0.3 is 0 Å². The van der Waals surface area contributed by atoms with Gasteiger partial charge in [0.2, 0.25) is 0 Å². The smallest absolute Gasteiger partial charge is 0.155 e. The molecule has 1 unspecified atom stereocenters. The van der Waals surface area contributed by atoms with Crippen molar-refractivity contribution in [3.8, 4) is 0 Å². The molecule has 0 aromatic heterocycles. The Bertz CT molecular complexity index is 260. The van der Waals surface area contributed by atoms with Gasteiger partial charge in [-0.2, -0.15) is 0 Å². The number of carbonyl (C=O) groups is 1. The molecule has 0 rings (SSSR count). The summed E-state index contributed by atoms with van der Waals surface area (Å²) < 4.78 is 0. The van der Waals surface area contributed by atoms with Gasteiger partial charge in [0, 0.05) is 0 Å². The Labute approximate surface area is 87.9 Å². The maximum absolute atomic E-state index is 11.1. The fourth-order valence-corrected chi connectivity index (χ4v) is 1.59. The summed E-state index contributed by atoms with van der Waals surface area (Å²) in [5.74, 6) is 0.159. The Morgan fingerprint density at radius 3 is 2.14 bits per heavy atom. The number of allylic oxidation sites excluding steroid dienone is 3. The van der Waals surface area contributed by atoms with E-state index in [0.717, 1.165) is 18.4 Å². The molecule has 1 nitrogen and oxygen atoms in total. The molecular formula is C13H22O. The van der Waals surface area contributed by atoms with E-state index >= 15 is 0 Å². The van der Waals surface area contributed by atoms with E-state index in [9.17, 15) is 4.79 Å². The van der Waals surface area contributed by atoms with Crippen LogP contribution in [0.5, 0.6) is 0 Å². The summed E-state index contributed by atoms with van der Waals surface area (Å²) >= 11 is 0. The Morgan fingerprint density at radius 1 is 1.36 bits per heavy atom. The van der Waals surface area contributed by atoms with Crippen molar-refractivity contribution in [1.82, 2.24) is 0 Å². The minimum atomic E-state index is 0.0849. The normalized spacial score (nSPS) is 16.2. The number of hydrogen-bond donors (Lipinski definition) is 0. The predicted octanol–water partition coefficient (Wildman–Crippen LogP) is 3.90. The van der Waals surface area contributed by atoms with Crippen LogP contribution in [0.1, 0.15) is 47.5 Å². The van der Waals surface area contributed by atoms with Crippen molar-refractivity contribution in [1.29, 1.82) is 0 Å². The van der Waals surface area contributed by atoms with Crippen LogP contribution in [0.2, 0.25) is 0 Å². The summed E-state index contributed by atoms with van der Waals surface area (Å²) in [7, 11) is 0. The Kier molecular flexibility index (Phi) is 4.82. The van der Waals surface area contributed by atoms with Crippen LogP contribution < -0.4 is 0 Å². The van der Waals surface area contributed by atoms with Crippen LogP contribution in [0.4, 0.5) is 0 Å². The minimum Gasteiger partial charge on any atom is -0.295 e. The highest BCUT2D eigenvalue weighted by Gasteiger charge is 2.19. The Balaban J connectivity index is 4.78. The first-order valence-electron chi connectivity index (χ1n) is 5.15. The fraction of sp³-hybridized carbons (Fsp3) is 0.615. The summed E-state index contributed by atoms with van der Waals surface area (Å²) in [6, 6.07) is 0. The summed E-state index contributed by atoms with van der Waals surface area (Å²) in [4.78, 5) is 11.1. The Morgan fingerprint density at radius 2 is 1.86 bits per heavy atom. The topological polar surface area (TPSA) is 17.1 Å². The largest absolute Gasteiger partial charge is 0.295 e. The summed E-state index contributed by atoms with van der Waals surface area (Å²) in [6.07, 6.45) is 4.07. The molecule has 1 atom stereocenters. The van der Waals surface area contributed by atoms with Gasteiger partial charge in [0.25, 0.3) is 0 Å². The van der Waals surface area contributed by atoms with E-state index in [-0.39, 0.29) is 11.2 Å². The van der Waals surface area contributed by atoms with Gasteiger partial charge in [-0.15, -0.1) is 6.58 Å². The Hall–Kier alpha value is -0.850. The zero-order valence-corrected chi connectivity index (χ0v) is 10.1. The van der Waals surface area contributed by atoms with Gasteiger partial charge in [-0.1, -0.05) is 25.5 Å². The lowest BCUT2D eigenvalue weighted by atomic mass is 9.80. The maximum atomic E-state index is 11.1. The zero-order chi connectivity index (χ0) is 11.4. The number of Topliss-reactive ketones (excluding diaryl/α,β-unsaturated/α-hetero) is 1. The number of rotatable bonds is 5. The molecule has 0 saturated carbocycles. The maximum Gasteiger partial charge on any atom is 0.155 e. The molecule has 0 N–H and O–H groups in total. The third kappa shape index (κ3) is 4.40. The van der Waals surface area contributed by atoms with Gasteiger partial charge in [-0.25, -0.2) is 0 Å². The monoisotopic (exact) mass is 194 g/mol. The van der Waals surface area contributed by atoms with Crippen molar-refractivity contribution in [3.05, 3.63) is 23.8 Å². The molecule has 0 fully saturated rings. The molecule has 0 bridgehead atoms. The standard InChI is InChI=1S/C13H22O/c1-7-13(6,8-10(2)3)9-11(4)12(5)14/h9H,2,7-8H2,1,3-6H3. The lowest BCUT2D eigenvalue weighted by Crippen LogP contribution is -2.14. The third-order valence-corrected chi connectivity index (χ3v) is 2.63. The first kappa shape index (κ1) is 13.2. The van der Waals surface area contributed by atoms with Crippen molar-refractivity contribution in [2.45, 2.75) is 47.5 Å². The highest BCUT2D eigenvalue weighted by Crippen LogP contribution is 2.31. The molecule has 0 aliphatic heterocycles. The summed E-state index contributed by atoms with van der Waals surface area (Å²) in [5, 5.41) is 0. The SMILES string of the molecule is C=C(C)CC(C)(C=C(C)C(C)=O)CC. The first-order valence-corrected chi connectivity index (χ1v) is 5.15. The molecule has 0 saturated heterocycles. The highest BCUT2D eigenvalue weighted by molar-refractivity contribution is 5.92. The average molecular weight is 194 g/mol. The molecule has 0 radical (unpaired) electrons. The molecule has 1 heteroatoms. The van der Waals surface area contributed by atoms with E-state index in [1.165, 1.54) is 5.57 Å². The van der Waals surface area contributed by atoms with E-state index < -0.39 is 0 Å². The average Bonchev–Trinajstić information content (AvgIpc) is 2.02. The van der Waals surface area contributed by atoms with Crippen molar-refractivity contribution in [2.24, 2.45) is 5.41 Å². The van der Waals surface area contributed by atoms with Crippen LogP contribution in [0.25, 0.3) is 0 Å². The van der Waals surface area contributed by atoms with Crippen LogP contribution in [0.15, 0.2) is 23.8 Å². The zero-order valence-electron chi connectivity index (χ0n) is 10.1. The molecule has 0 aromatic carbocycles. The van der Waals surface area contributed by atoms with Gasteiger partial charge in [0.05, 0.1) is 0 Å². The van der Waals surface area contributed by atoms with Crippen molar-refractivity contribution in [3.63, 3.8) is 0 Å². The molecule has 0 spiro atoms. The lowest BCUT2D eigenvalue weighted by Gasteiger charge is -2.25. The molecule has 14 heavy (non-hydrogen) atoms. The molecule has 0 heterocycles. The van der Waals surface area contributed by atoms with Gasteiger partial charge in [-0.3, -0.25) is 4.79 Å². The van der Waals surface area contributed by atoms with Gasteiger partial charge in [0.1, 0.15) is 0 Å². The molecular weight excluding hydrogens is 172 g/mol. The summed E-state index contributed by atoms with van der Waals surface area (Å²) in [5.41, 5.74) is 2.11. The predicted molar refractivity (Wildman–Crippen MR) is 62.3 cm³/mol. The molecule has 80 valence electrons. The number of ketones is 1.